The molecule has 0 bridgehead atoms. The van der Waals surface area contributed by atoms with Gasteiger partial charge in [-0.2, -0.15) is 0 Å². The quantitative estimate of drug-likeness (QED) is 0.393. The van der Waals surface area contributed by atoms with Crippen LogP contribution in [0.15, 0.2) is 53.5 Å². The van der Waals surface area contributed by atoms with Gasteiger partial charge in [-0.15, -0.1) is 0 Å². The molecule has 1 fully saturated rings. The number of nitrogens with one attached hydrogen (secondary N) is 1. The highest BCUT2D eigenvalue weighted by Gasteiger charge is 2.26. The predicted molar refractivity (Wildman–Crippen MR) is 144 cm³/mol. The van der Waals surface area contributed by atoms with Crippen molar-refractivity contribution in [1.29, 1.82) is 0 Å². The molecule has 0 aliphatic heterocycles. The summed E-state index contributed by atoms with van der Waals surface area (Å²) in [5, 5.41) is 3.59. The van der Waals surface area contributed by atoms with Gasteiger partial charge in [0.2, 0.25) is 5.88 Å². The van der Waals surface area contributed by atoms with Crippen molar-refractivity contribution in [3.05, 3.63) is 81.1 Å². The van der Waals surface area contributed by atoms with Crippen LogP contribution in [-0.4, -0.2) is 38.2 Å². The van der Waals surface area contributed by atoms with Gasteiger partial charge >= 0.3 is 5.69 Å². The summed E-state index contributed by atoms with van der Waals surface area (Å²) < 4.78 is 8.86. The van der Waals surface area contributed by atoms with Crippen molar-refractivity contribution in [3.8, 4) is 11.6 Å². The van der Waals surface area contributed by atoms with Crippen LogP contribution in [-0.2, 0) is 6.54 Å². The molecule has 9 heteroatoms. The minimum absolute atomic E-state index is 0.0735. The van der Waals surface area contributed by atoms with E-state index < -0.39 is 0 Å². The number of methoxy groups -OCH3 is 1. The molecule has 192 valence electrons. The van der Waals surface area contributed by atoms with Gasteiger partial charge in [0.25, 0.3) is 5.91 Å². The highest BCUT2D eigenvalue weighted by Crippen LogP contribution is 2.28. The summed E-state index contributed by atoms with van der Waals surface area (Å²) in [7, 11) is 1.58. The summed E-state index contributed by atoms with van der Waals surface area (Å²) in [6, 6.07) is 13.3. The van der Waals surface area contributed by atoms with E-state index in [0.717, 1.165) is 48.1 Å². The molecule has 0 spiro atoms. The van der Waals surface area contributed by atoms with E-state index in [1.165, 1.54) is 0 Å². The molecular formula is C28H30ClN5O3. The van der Waals surface area contributed by atoms with Gasteiger partial charge in [-0.25, -0.2) is 9.78 Å². The van der Waals surface area contributed by atoms with Gasteiger partial charge < -0.3 is 10.1 Å². The zero-order valence-electron chi connectivity index (χ0n) is 21.2. The fourth-order valence-electron chi connectivity index (χ4n) is 5.25. The number of nitrogens with zero attached hydrogens (tertiary/aromatic N) is 4. The second-order valence-electron chi connectivity index (χ2n) is 9.65. The van der Waals surface area contributed by atoms with E-state index in [9.17, 15) is 9.59 Å². The van der Waals surface area contributed by atoms with Crippen LogP contribution in [0.3, 0.4) is 0 Å². The van der Waals surface area contributed by atoms with Crippen molar-refractivity contribution in [2.24, 2.45) is 5.92 Å². The minimum atomic E-state index is -0.140. The Morgan fingerprint density at radius 3 is 2.51 bits per heavy atom. The van der Waals surface area contributed by atoms with Gasteiger partial charge in [0.15, 0.2) is 0 Å². The summed E-state index contributed by atoms with van der Waals surface area (Å²) in [5.74, 6) is 0.720. The van der Waals surface area contributed by atoms with Crippen LogP contribution in [0.25, 0.3) is 16.7 Å². The summed E-state index contributed by atoms with van der Waals surface area (Å²) in [4.78, 5) is 35.1. The number of imidazole rings is 1. The van der Waals surface area contributed by atoms with E-state index in [1.54, 1.807) is 36.9 Å². The largest absolute Gasteiger partial charge is 0.481 e. The Morgan fingerprint density at radius 1 is 1.08 bits per heavy atom. The normalized spacial score (nSPS) is 17.6. The highest BCUT2D eigenvalue weighted by atomic mass is 35.5. The van der Waals surface area contributed by atoms with Crippen LogP contribution in [0, 0.1) is 19.8 Å². The van der Waals surface area contributed by atoms with Crippen LogP contribution in [0.1, 0.15) is 47.4 Å². The fraction of sp³-hybridized carbons (Fsp3) is 0.357. The molecule has 1 saturated carbocycles. The van der Waals surface area contributed by atoms with Gasteiger partial charge in [-0.1, -0.05) is 23.7 Å². The molecule has 0 atom stereocenters. The number of carbonyl (C=O) groups excluding carboxylic acids is 1. The minimum Gasteiger partial charge on any atom is -0.481 e. The number of hydrogen-bond acceptors (Lipinski definition) is 5. The lowest BCUT2D eigenvalue weighted by molar-refractivity contribution is 0.0919. The maximum atomic E-state index is 13.7. The van der Waals surface area contributed by atoms with Gasteiger partial charge in [0.1, 0.15) is 0 Å². The lowest BCUT2D eigenvalue weighted by Gasteiger charge is -2.29. The lowest BCUT2D eigenvalue weighted by atomic mass is 9.85. The average Bonchev–Trinajstić information content (AvgIpc) is 3.17. The number of para-hydroxylation sites is 2. The lowest BCUT2D eigenvalue weighted by Crippen LogP contribution is -2.39. The fourth-order valence-corrected chi connectivity index (χ4v) is 5.40. The van der Waals surface area contributed by atoms with Crippen LogP contribution in [0.2, 0.25) is 5.02 Å². The third kappa shape index (κ3) is 4.98. The highest BCUT2D eigenvalue weighted by molar-refractivity contribution is 6.30. The summed E-state index contributed by atoms with van der Waals surface area (Å²) >= 11 is 6.04. The van der Waals surface area contributed by atoms with Crippen LogP contribution in [0.5, 0.6) is 5.88 Å². The smallest absolute Gasteiger partial charge is 0.333 e. The predicted octanol–water partition coefficient (Wildman–Crippen LogP) is 4.85. The molecule has 0 radical (unpaired) electrons. The second kappa shape index (κ2) is 10.4. The van der Waals surface area contributed by atoms with E-state index in [-0.39, 0.29) is 17.6 Å². The summed E-state index contributed by atoms with van der Waals surface area (Å²) in [5.41, 5.74) is 4.33. The van der Waals surface area contributed by atoms with E-state index >= 15 is 0 Å². The number of amides is 1. The Balaban J connectivity index is 1.33. The molecule has 1 aromatic carbocycles. The van der Waals surface area contributed by atoms with Crippen molar-refractivity contribution in [3.63, 3.8) is 0 Å². The topological polar surface area (TPSA) is 91.0 Å². The molecule has 0 unspecified atom stereocenters. The molecule has 37 heavy (non-hydrogen) atoms. The number of ether oxygens (including phenoxy) is 1. The van der Waals surface area contributed by atoms with Gasteiger partial charge in [0.05, 0.1) is 45.8 Å². The Kier molecular flexibility index (Phi) is 7.02. The first-order valence-electron chi connectivity index (χ1n) is 12.5. The van der Waals surface area contributed by atoms with Crippen molar-refractivity contribution in [2.45, 2.75) is 52.1 Å². The second-order valence-corrected chi connectivity index (χ2v) is 10.1. The van der Waals surface area contributed by atoms with Crippen molar-refractivity contribution < 1.29 is 9.53 Å². The third-order valence-electron chi connectivity index (χ3n) is 7.24. The van der Waals surface area contributed by atoms with Crippen LogP contribution in [0.4, 0.5) is 0 Å². The van der Waals surface area contributed by atoms with Crippen molar-refractivity contribution in [1.82, 2.24) is 24.4 Å². The summed E-state index contributed by atoms with van der Waals surface area (Å²) in [6.45, 7) is 4.32. The maximum Gasteiger partial charge on any atom is 0.333 e. The number of hydrogen-bond donors (Lipinski definition) is 1. The first kappa shape index (κ1) is 25.0. The number of carbonyl (C=O) groups is 1. The molecule has 0 saturated heterocycles. The standard InChI is InChI=1S/C28H30ClN5O3/c1-17-22(14-20(29)15-30-17)27(35)32-21-10-8-19(9-11-21)16-33-24-6-4-5-7-25(24)34(28(33)36)23-12-13-26(37-3)31-18(23)2/h4-7,12-15,19,21H,8-11,16H2,1-3H3,(H,32,35). The number of halogens is 1. The SMILES string of the molecule is COc1ccc(-n2c(=O)n(CC3CCC(NC(=O)c4cc(Cl)cnc4C)CC3)c3ccccc32)c(C)n1. The molecule has 1 aliphatic rings. The van der Waals surface area contributed by atoms with Crippen LogP contribution < -0.4 is 15.7 Å². The van der Waals surface area contributed by atoms with E-state index in [0.29, 0.717) is 34.6 Å². The molecule has 3 aromatic heterocycles. The Morgan fingerprint density at radius 2 is 1.81 bits per heavy atom. The van der Waals surface area contributed by atoms with Crippen molar-refractivity contribution in [2.75, 3.05) is 7.11 Å². The van der Waals surface area contributed by atoms with Gasteiger partial charge in [-0.05, 0) is 69.7 Å². The number of fused-ring (bicyclic) bond motifs is 1. The number of aryl methyl sites for hydroxylation is 2. The molecular weight excluding hydrogens is 490 g/mol. The average molecular weight is 520 g/mol. The van der Waals surface area contributed by atoms with Gasteiger partial charge in [0, 0.05) is 24.8 Å². The first-order valence-corrected chi connectivity index (χ1v) is 12.9. The Hall–Kier alpha value is -3.65. The van der Waals surface area contributed by atoms with E-state index in [2.05, 4.69) is 15.3 Å². The molecule has 1 N–H and O–H groups in total. The molecule has 1 amide bonds. The molecule has 3 heterocycles. The zero-order valence-corrected chi connectivity index (χ0v) is 22.0. The number of aromatic nitrogens is 4. The molecule has 1 aliphatic carbocycles. The van der Waals surface area contributed by atoms with E-state index in [4.69, 9.17) is 16.3 Å². The Labute approximate surface area is 220 Å². The zero-order chi connectivity index (χ0) is 26.1. The third-order valence-corrected chi connectivity index (χ3v) is 7.45. The molecule has 8 nitrogen and oxygen atoms in total. The summed E-state index contributed by atoms with van der Waals surface area (Å²) in [6.07, 6.45) is 5.11. The van der Waals surface area contributed by atoms with E-state index in [1.807, 2.05) is 41.8 Å². The monoisotopic (exact) mass is 519 g/mol. The number of rotatable bonds is 6. The molecule has 4 aromatic rings. The van der Waals surface area contributed by atoms with Crippen LogP contribution >= 0.6 is 11.6 Å². The maximum absolute atomic E-state index is 13.7. The molecule has 5 rings (SSSR count). The Bertz CT molecular complexity index is 1520. The van der Waals surface area contributed by atoms with Crippen molar-refractivity contribution >= 4 is 28.5 Å². The van der Waals surface area contributed by atoms with Gasteiger partial charge in [-0.3, -0.25) is 18.9 Å². The first-order chi connectivity index (χ1) is 17.9. The number of pyridine rings is 2. The number of benzene rings is 1.